The van der Waals surface area contributed by atoms with Crippen molar-refractivity contribution in [3.8, 4) is 6.07 Å². The maximum atomic E-state index is 8.77. The van der Waals surface area contributed by atoms with Gasteiger partial charge in [-0.25, -0.2) is 0 Å². The molecule has 0 heterocycles. The van der Waals surface area contributed by atoms with Crippen LogP contribution >= 0.6 is 0 Å². The molecule has 1 heteroatoms. The molecule has 0 aliphatic heterocycles. The van der Waals surface area contributed by atoms with E-state index in [9.17, 15) is 0 Å². The summed E-state index contributed by atoms with van der Waals surface area (Å²) in [7, 11) is 0. The van der Waals surface area contributed by atoms with Crippen LogP contribution in [0.1, 0.15) is 50.2 Å². The minimum atomic E-state index is 0.744. The van der Waals surface area contributed by atoms with Crippen LogP contribution in [0.15, 0.2) is 30.3 Å². The molecule has 1 aromatic rings. The highest BCUT2D eigenvalue weighted by Gasteiger charge is 2.14. The first-order chi connectivity index (χ1) is 8.33. The van der Waals surface area contributed by atoms with Crippen LogP contribution < -0.4 is 0 Å². The highest BCUT2D eigenvalue weighted by Crippen LogP contribution is 2.32. The van der Waals surface area contributed by atoms with Gasteiger partial charge >= 0.3 is 0 Å². The maximum absolute atomic E-state index is 8.77. The lowest BCUT2D eigenvalue weighted by atomic mass is 9.84. The van der Waals surface area contributed by atoms with Gasteiger partial charge in [0, 0.05) is 0 Å². The molecule has 1 aromatic carbocycles. The predicted octanol–water partition coefficient (Wildman–Crippen LogP) is 4.54. The fourth-order valence-corrected chi connectivity index (χ4v) is 2.58. The lowest BCUT2D eigenvalue weighted by Crippen LogP contribution is -2.04. The topological polar surface area (TPSA) is 23.8 Å². The van der Waals surface area contributed by atoms with Crippen LogP contribution in [0.4, 0.5) is 0 Å². The van der Waals surface area contributed by atoms with Gasteiger partial charge in [0.25, 0.3) is 0 Å². The van der Waals surface area contributed by atoms with E-state index in [4.69, 9.17) is 5.26 Å². The van der Waals surface area contributed by atoms with Gasteiger partial charge < -0.3 is 0 Å². The third-order valence-electron chi connectivity index (χ3n) is 3.60. The SMILES string of the molecule is CCCC1CC=C(c2ccc(C#N)cc2)CC1. The van der Waals surface area contributed by atoms with Crippen molar-refractivity contribution >= 4 is 5.57 Å². The Morgan fingerprint density at radius 1 is 1.29 bits per heavy atom. The summed E-state index contributed by atoms with van der Waals surface area (Å²) in [6, 6.07) is 10.1. The molecule has 0 N–H and O–H groups in total. The minimum Gasteiger partial charge on any atom is -0.192 e. The Bertz CT molecular complexity index is 434. The van der Waals surface area contributed by atoms with E-state index in [1.165, 1.54) is 43.2 Å². The molecule has 0 aromatic heterocycles. The van der Waals surface area contributed by atoms with Gasteiger partial charge in [0.05, 0.1) is 11.6 Å². The summed E-state index contributed by atoms with van der Waals surface area (Å²) in [5.74, 6) is 0.891. The molecule has 0 amide bonds. The Balaban J connectivity index is 2.06. The van der Waals surface area contributed by atoms with Gasteiger partial charge in [-0.3, -0.25) is 0 Å². The third-order valence-corrected chi connectivity index (χ3v) is 3.60. The van der Waals surface area contributed by atoms with Gasteiger partial charge in [0.15, 0.2) is 0 Å². The highest BCUT2D eigenvalue weighted by molar-refractivity contribution is 5.66. The summed E-state index contributed by atoms with van der Waals surface area (Å²) >= 11 is 0. The Kier molecular flexibility index (Phi) is 3.98. The van der Waals surface area contributed by atoms with Gasteiger partial charge in [-0.15, -0.1) is 0 Å². The number of nitriles is 1. The van der Waals surface area contributed by atoms with Gasteiger partial charge in [-0.2, -0.15) is 5.26 Å². The van der Waals surface area contributed by atoms with Gasteiger partial charge in [0.2, 0.25) is 0 Å². The first-order valence-corrected chi connectivity index (χ1v) is 6.53. The average Bonchev–Trinajstić information content (AvgIpc) is 2.40. The summed E-state index contributed by atoms with van der Waals surface area (Å²) in [5.41, 5.74) is 3.50. The van der Waals surface area contributed by atoms with E-state index >= 15 is 0 Å². The van der Waals surface area contributed by atoms with Crippen molar-refractivity contribution in [2.24, 2.45) is 5.92 Å². The minimum absolute atomic E-state index is 0.744. The van der Waals surface area contributed by atoms with E-state index < -0.39 is 0 Å². The summed E-state index contributed by atoms with van der Waals surface area (Å²) in [6.07, 6.45) is 8.78. The predicted molar refractivity (Wildman–Crippen MR) is 71.4 cm³/mol. The number of rotatable bonds is 3. The van der Waals surface area contributed by atoms with Crippen LogP contribution in [0.3, 0.4) is 0 Å². The molecule has 0 fully saturated rings. The molecular weight excluding hydrogens is 206 g/mol. The van der Waals surface area contributed by atoms with Crippen LogP contribution in [0.5, 0.6) is 0 Å². The fourth-order valence-electron chi connectivity index (χ4n) is 2.58. The van der Waals surface area contributed by atoms with Crippen LogP contribution in [-0.4, -0.2) is 0 Å². The summed E-state index contributed by atoms with van der Waals surface area (Å²) in [4.78, 5) is 0. The fraction of sp³-hybridized carbons (Fsp3) is 0.438. The Hall–Kier alpha value is -1.55. The molecule has 1 aliphatic rings. The number of hydrogen-bond donors (Lipinski definition) is 0. The van der Waals surface area contributed by atoms with Crippen LogP contribution in [0.25, 0.3) is 5.57 Å². The molecule has 0 bridgehead atoms. The highest BCUT2D eigenvalue weighted by atomic mass is 14.2. The Morgan fingerprint density at radius 3 is 2.59 bits per heavy atom. The molecule has 1 nitrogen and oxygen atoms in total. The van der Waals surface area contributed by atoms with E-state index in [0.717, 1.165) is 11.5 Å². The Morgan fingerprint density at radius 2 is 2.06 bits per heavy atom. The number of nitrogens with zero attached hydrogens (tertiary/aromatic N) is 1. The van der Waals surface area contributed by atoms with E-state index in [-0.39, 0.29) is 0 Å². The first-order valence-electron chi connectivity index (χ1n) is 6.53. The molecule has 1 atom stereocenters. The third kappa shape index (κ3) is 2.97. The zero-order valence-corrected chi connectivity index (χ0v) is 10.4. The molecular formula is C16H19N. The smallest absolute Gasteiger partial charge is 0.0991 e. The van der Waals surface area contributed by atoms with Crippen LogP contribution in [-0.2, 0) is 0 Å². The van der Waals surface area contributed by atoms with E-state index in [2.05, 4.69) is 31.2 Å². The van der Waals surface area contributed by atoms with Crippen molar-refractivity contribution in [1.29, 1.82) is 5.26 Å². The molecule has 17 heavy (non-hydrogen) atoms. The molecule has 2 rings (SSSR count). The van der Waals surface area contributed by atoms with Crippen molar-refractivity contribution in [3.05, 3.63) is 41.5 Å². The lowest BCUT2D eigenvalue weighted by Gasteiger charge is -2.21. The van der Waals surface area contributed by atoms with Crippen molar-refractivity contribution in [2.45, 2.75) is 39.0 Å². The Labute approximate surface area is 104 Å². The molecule has 1 aliphatic carbocycles. The molecule has 0 saturated carbocycles. The lowest BCUT2D eigenvalue weighted by molar-refractivity contribution is 0.445. The van der Waals surface area contributed by atoms with Crippen molar-refractivity contribution < 1.29 is 0 Å². The standard InChI is InChI=1S/C16H19N/c1-2-3-13-4-8-15(9-5-13)16-10-6-14(12-17)7-11-16/h6-8,10-11,13H,2-5,9H2,1H3. The van der Waals surface area contributed by atoms with Crippen molar-refractivity contribution in [1.82, 2.24) is 0 Å². The van der Waals surface area contributed by atoms with Crippen molar-refractivity contribution in [2.75, 3.05) is 0 Å². The van der Waals surface area contributed by atoms with Crippen molar-refractivity contribution in [3.63, 3.8) is 0 Å². The van der Waals surface area contributed by atoms with E-state index in [1.807, 2.05) is 12.1 Å². The molecule has 0 radical (unpaired) electrons. The summed E-state index contributed by atoms with van der Waals surface area (Å²) in [5, 5.41) is 8.77. The largest absolute Gasteiger partial charge is 0.192 e. The van der Waals surface area contributed by atoms with Gasteiger partial charge in [-0.1, -0.05) is 38.0 Å². The van der Waals surface area contributed by atoms with E-state index in [1.54, 1.807) is 0 Å². The number of benzene rings is 1. The number of allylic oxidation sites excluding steroid dienone is 2. The molecule has 88 valence electrons. The summed E-state index contributed by atoms with van der Waals surface area (Å²) in [6.45, 7) is 2.26. The molecule has 1 unspecified atom stereocenters. The van der Waals surface area contributed by atoms with E-state index in [0.29, 0.717) is 0 Å². The second-order valence-corrected chi connectivity index (χ2v) is 4.85. The normalized spacial score (nSPS) is 19.5. The monoisotopic (exact) mass is 225 g/mol. The quantitative estimate of drug-likeness (QED) is 0.740. The average molecular weight is 225 g/mol. The summed E-state index contributed by atoms with van der Waals surface area (Å²) < 4.78 is 0. The first kappa shape index (κ1) is 11.9. The number of hydrogen-bond acceptors (Lipinski definition) is 1. The molecule has 0 saturated heterocycles. The van der Waals surface area contributed by atoms with Crippen LogP contribution in [0, 0.1) is 17.2 Å². The second-order valence-electron chi connectivity index (χ2n) is 4.85. The maximum Gasteiger partial charge on any atom is 0.0991 e. The zero-order valence-electron chi connectivity index (χ0n) is 10.4. The van der Waals surface area contributed by atoms with Gasteiger partial charge in [-0.05, 0) is 48.4 Å². The van der Waals surface area contributed by atoms with Crippen LogP contribution in [0.2, 0.25) is 0 Å². The molecule has 0 spiro atoms. The second kappa shape index (κ2) is 5.68. The zero-order chi connectivity index (χ0) is 12.1. The van der Waals surface area contributed by atoms with Gasteiger partial charge in [0.1, 0.15) is 0 Å².